The number of nitrogens with zero attached hydrogens (tertiary/aromatic N) is 3. The molecule has 3 N–H and O–H groups in total. The van der Waals surface area contributed by atoms with Gasteiger partial charge in [-0.15, -0.1) is 5.10 Å². The van der Waals surface area contributed by atoms with E-state index in [1.165, 1.54) is 12.8 Å². The van der Waals surface area contributed by atoms with Crippen molar-refractivity contribution in [3.8, 4) is 11.1 Å². The van der Waals surface area contributed by atoms with Crippen LogP contribution in [0.1, 0.15) is 53.0 Å². The number of hydrazone groups is 1. The summed E-state index contributed by atoms with van der Waals surface area (Å²) in [5.41, 5.74) is 9.36. The number of hydrogen-bond donors (Lipinski definition) is 2. The van der Waals surface area contributed by atoms with E-state index in [1.807, 2.05) is 37.3 Å². The minimum atomic E-state index is -0.459. The minimum absolute atomic E-state index is 0.0725. The maximum atomic E-state index is 13.2. The van der Waals surface area contributed by atoms with Crippen LogP contribution in [0.25, 0.3) is 11.1 Å². The molecule has 3 unspecified atom stereocenters. The zero-order valence-electron chi connectivity index (χ0n) is 20.3. The lowest BCUT2D eigenvalue weighted by molar-refractivity contribution is 0.0844. The molecule has 0 spiro atoms. The van der Waals surface area contributed by atoms with Crippen LogP contribution in [-0.2, 0) is 0 Å². The number of aryl methyl sites for hydroxylation is 1. The number of amidine groups is 1. The average molecular weight is 490 g/mol. The van der Waals surface area contributed by atoms with Crippen LogP contribution in [0.2, 0.25) is 0 Å². The molecular weight excluding hydrogens is 458 g/mol. The molecule has 2 aromatic rings. The smallest absolute Gasteiger partial charge is 0.257 e. The summed E-state index contributed by atoms with van der Waals surface area (Å²) < 4.78 is 0. The lowest BCUT2D eigenvalue weighted by Gasteiger charge is -2.36. The largest absolute Gasteiger partial charge is 0.366 e. The third-order valence-electron chi connectivity index (χ3n) is 6.90. The molecule has 0 radical (unpaired) electrons. The summed E-state index contributed by atoms with van der Waals surface area (Å²) in [6.07, 6.45) is 6.98. The van der Waals surface area contributed by atoms with Gasteiger partial charge in [0.2, 0.25) is 5.91 Å². The molecule has 7 nitrogen and oxygen atoms in total. The van der Waals surface area contributed by atoms with Crippen LogP contribution in [0.3, 0.4) is 0 Å². The monoisotopic (exact) mass is 489 g/mol. The molecule has 182 valence electrons. The van der Waals surface area contributed by atoms with Gasteiger partial charge in [-0.1, -0.05) is 30.4 Å². The standard InChI is InChI=1S/C27H31N5O2S/c1-16-4-9-22(14-23(16)20-10-12-21(13-11-20)24(28)33)25(34)29-26-30-31(15-19-7-8-19)27(35-26)32-17(2)5-6-18(32)3/h4-6,9-14,17-19,27H,7-8,15H2,1-3H3,(H2,28,33)(H,29,30,34). The second-order valence-corrected chi connectivity index (χ2v) is 10.7. The number of carbonyl (C=O) groups excluding carboxylic acids is 2. The molecule has 5 rings (SSSR count). The molecule has 0 saturated heterocycles. The van der Waals surface area contributed by atoms with Crippen LogP contribution in [-0.4, -0.2) is 51.0 Å². The predicted molar refractivity (Wildman–Crippen MR) is 141 cm³/mol. The fraction of sp³-hybridized carbons (Fsp3) is 0.370. The second kappa shape index (κ2) is 9.51. The number of primary amides is 1. The van der Waals surface area contributed by atoms with Gasteiger partial charge in [-0.2, -0.15) is 0 Å². The molecule has 2 heterocycles. The predicted octanol–water partition coefficient (Wildman–Crippen LogP) is 4.15. The first-order valence-corrected chi connectivity index (χ1v) is 13.0. The van der Waals surface area contributed by atoms with E-state index < -0.39 is 5.91 Å². The van der Waals surface area contributed by atoms with Crippen molar-refractivity contribution in [1.82, 2.24) is 15.2 Å². The Kier molecular flexibility index (Phi) is 6.42. The van der Waals surface area contributed by atoms with E-state index in [4.69, 9.17) is 10.8 Å². The molecule has 0 aromatic heterocycles. The van der Waals surface area contributed by atoms with Gasteiger partial charge in [-0.05, 0) is 92.2 Å². The van der Waals surface area contributed by atoms with Gasteiger partial charge in [0.15, 0.2) is 10.7 Å². The Hall–Kier alpha value is -3.10. The van der Waals surface area contributed by atoms with Gasteiger partial charge in [-0.25, -0.2) is 0 Å². The van der Waals surface area contributed by atoms with Crippen LogP contribution in [0, 0.1) is 12.8 Å². The molecule has 0 bridgehead atoms. The van der Waals surface area contributed by atoms with Crippen LogP contribution in [0.4, 0.5) is 0 Å². The normalized spacial score (nSPS) is 24.0. The molecule has 2 aliphatic heterocycles. The number of thioether (sulfide) groups is 1. The summed E-state index contributed by atoms with van der Waals surface area (Å²) in [7, 11) is 0. The summed E-state index contributed by atoms with van der Waals surface area (Å²) in [6.45, 7) is 7.33. The van der Waals surface area contributed by atoms with Crippen LogP contribution >= 0.6 is 11.8 Å². The van der Waals surface area contributed by atoms with E-state index in [0.717, 1.165) is 23.2 Å². The van der Waals surface area contributed by atoms with E-state index in [0.29, 0.717) is 34.3 Å². The number of carbonyl (C=O) groups is 2. The van der Waals surface area contributed by atoms with Crippen LogP contribution in [0.15, 0.2) is 59.7 Å². The first-order chi connectivity index (χ1) is 16.8. The molecule has 35 heavy (non-hydrogen) atoms. The summed E-state index contributed by atoms with van der Waals surface area (Å²) in [6, 6.07) is 13.4. The summed E-state index contributed by atoms with van der Waals surface area (Å²) >= 11 is 1.61. The third kappa shape index (κ3) is 4.99. The number of benzene rings is 2. The van der Waals surface area contributed by atoms with Crippen molar-refractivity contribution in [2.45, 2.75) is 51.2 Å². The number of hydrogen-bond acceptors (Lipinski definition) is 6. The molecule has 1 aliphatic carbocycles. The van der Waals surface area contributed by atoms with Gasteiger partial charge in [0, 0.05) is 29.8 Å². The zero-order valence-corrected chi connectivity index (χ0v) is 21.1. The van der Waals surface area contributed by atoms with Crippen LogP contribution < -0.4 is 11.1 Å². The molecule has 2 amide bonds. The van der Waals surface area contributed by atoms with E-state index in [9.17, 15) is 9.59 Å². The van der Waals surface area contributed by atoms with Gasteiger partial charge < -0.3 is 5.73 Å². The van der Waals surface area contributed by atoms with Crippen molar-refractivity contribution in [2.24, 2.45) is 16.8 Å². The van der Waals surface area contributed by atoms with E-state index in [2.05, 4.69) is 41.2 Å². The zero-order chi connectivity index (χ0) is 24.7. The first kappa shape index (κ1) is 23.6. The Labute approximate surface area is 210 Å². The van der Waals surface area contributed by atoms with Gasteiger partial charge in [0.05, 0.1) is 0 Å². The molecule has 8 heteroatoms. The van der Waals surface area contributed by atoms with E-state index in [-0.39, 0.29) is 11.4 Å². The number of nitrogens with one attached hydrogen (secondary N) is 1. The maximum absolute atomic E-state index is 13.2. The molecule has 3 atom stereocenters. The lowest BCUT2D eigenvalue weighted by Crippen LogP contribution is -2.47. The Morgan fingerprint density at radius 3 is 2.34 bits per heavy atom. The van der Waals surface area contributed by atoms with Gasteiger partial charge in [0.1, 0.15) is 0 Å². The number of amides is 2. The molecule has 1 fully saturated rings. The van der Waals surface area contributed by atoms with Crippen molar-refractivity contribution in [3.05, 3.63) is 71.3 Å². The van der Waals surface area contributed by atoms with E-state index in [1.54, 1.807) is 23.9 Å². The lowest BCUT2D eigenvalue weighted by atomic mass is 9.97. The van der Waals surface area contributed by atoms with Crippen molar-refractivity contribution in [3.63, 3.8) is 0 Å². The second-order valence-electron chi connectivity index (χ2n) is 9.65. The quantitative estimate of drug-likeness (QED) is 0.595. The van der Waals surface area contributed by atoms with Gasteiger partial charge >= 0.3 is 0 Å². The Morgan fingerprint density at radius 2 is 1.71 bits per heavy atom. The average Bonchev–Trinajstić information content (AvgIpc) is 3.49. The first-order valence-electron chi connectivity index (χ1n) is 12.1. The third-order valence-corrected chi connectivity index (χ3v) is 8.00. The summed E-state index contributed by atoms with van der Waals surface area (Å²) in [4.78, 5) is 27.1. The highest BCUT2D eigenvalue weighted by molar-refractivity contribution is 8.14. The molecule has 2 aromatic carbocycles. The topological polar surface area (TPSA) is 91.0 Å². The molecule has 1 saturated carbocycles. The van der Waals surface area contributed by atoms with Crippen LogP contribution in [0.5, 0.6) is 0 Å². The van der Waals surface area contributed by atoms with E-state index >= 15 is 0 Å². The van der Waals surface area contributed by atoms with Crippen molar-refractivity contribution < 1.29 is 9.59 Å². The fourth-order valence-corrected chi connectivity index (χ4v) is 5.93. The minimum Gasteiger partial charge on any atom is -0.366 e. The highest BCUT2D eigenvalue weighted by atomic mass is 32.2. The SMILES string of the molecule is Cc1ccc(C(=O)NC2=NN(CC3CC3)C(N3C(C)C=CC3C)S2)cc1-c1ccc(C(N)=O)cc1. The maximum Gasteiger partial charge on any atom is 0.257 e. The Balaban J connectivity index is 1.33. The number of nitrogens with two attached hydrogens (primary N) is 1. The fourth-order valence-electron chi connectivity index (χ4n) is 4.67. The van der Waals surface area contributed by atoms with Gasteiger partial charge in [-0.3, -0.25) is 24.8 Å². The van der Waals surface area contributed by atoms with Crippen molar-refractivity contribution in [1.29, 1.82) is 0 Å². The van der Waals surface area contributed by atoms with Gasteiger partial charge in [0.25, 0.3) is 5.91 Å². The Bertz CT molecular complexity index is 1190. The number of rotatable bonds is 6. The Morgan fingerprint density at radius 1 is 1.06 bits per heavy atom. The van der Waals surface area contributed by atoms with Crippen molar-refractivity contribution >= 4 is 28.7 Å². The summed E-state index contributed by atoms with van der Waals surface area (Å²) in [5.74, 6) is 0.0522. The summed E-state index contributed by atoms with van der Waals surface area (Å²) in [5, 5.41) is 10.7. The molecular formula is C27H31N5O2S. The van der Waals surface area contributed by atoms with Crippen molar-refractivity contribution in [2.75, 3.05) is 6.54 Å². The highest BCUT2D eigenvalue weighted by Gasteiger charge is 2.40. The highest BCUT2D eigenvalue weighted by Crippen LogP contribution is 2.38. The molecule has 3 aliphatic rings.